The first kappa shape index (κ1) is 35.8. The first-order valence-corrected chi connectivity index (χ1v) is 13.7. The van der Waals surface area contributed by atoms with E-state index in [-0.39, 0.29) is 0 Å². The van der Waals surface area contributed by atoms with E-state index in [1.807, 2.05) is 0 Å². The van der Waals surface area contributed by atoms with Crippen molar-refractivity contribution in [2.24, 2.45) is 0 Å². The molecule has 32 heavy (non-hydrogen) atoms. The van der Waals surface area contributed by atoms with E-state index >= 15 is 0 Å². The summed E-state index contributed by atoms with van der Waals surface area (Å²) in [7, 11) is 0. The molecule has 0 aliphatic rings. The highest BCUT2D eigenvalue weighted by atomic mass is 16.6. The highest BCUT2D eigenvalue weighted by molar-refractivity contribution is 5.47. The Bertz CT molecular complexity index is 312. The smallest absolute Gasteiger partial charge is 0.0945 e. The van der Waals surface area contributed by atoms with E-state index in [9.17, 15) is 0 Å². The largest absolute Gasteiger partial charge is 0.652 e. The summed E-state index contributed by atoms with van der Waals surface area (Å²) in [4.78, 5) is 8.33. The van der Waals surface area contributed by atoms with Crippen molar-refractivity contribution in [2.45, 2.75) is 168 Å². The third kappa shape index (κ3) is 27.2. The van der Waals surface area contributed by atoms with Crippen molar-refractivity contribution in [1.29, 1.82) is 0 Å². The third-order valence-corrected chi connectivity index (χ3v) is 6.36. The number of carboxylic acid groups (broad SMARTS) is 2. The van der Waals surface area contributed by atoms with Crippen molar-refractivity contribution in [3.8, 4) is 0 Å². The minimum Gasteiger partial charge on any atom is -0.652 e. The topological polar surface area (TPSA) is 118 Å². The lowest BCUT2D eigenvalue weighted by Gasteiger charge is -2.25. The summed E-state index contributed by atoms with van der Waals surface area (Å²) in [6.45, 7) is 13.7. The van der Waals surface area contributed by atoms with Gasteiger partial charge in [-0.2, -0.15) is 0 Å². The molecule has 0 unspecified atom stereocenters. The molecule has 0 aliphatic heterocycles. The van der Waals surface area contributed by atoms with Crippen LogP contribution in [0.25, 0.3) is 0 Å². The monoisotopic (exact) mass is 460 g/mol. The Hall–Kier alpha value is -0.810. The van der Waals surface area contributed by atoms with E-state index in [0.29, 0.717) is 11.1 Å². The average Bonchev–Trinajstić information content (AvgIpc) is 2.76. The van der Waals surface area contributed by atoms with Crippen molar-refractivity contribution in [3.05, 3.63) is 0 Å². The van der Waals surface area contributed by atoms with E-state index in [1.165, 1.54) is 116 Å². The first-order valence-electron chi connectivity index (χ1n) is 13.7. The SMILES string of the molecule is CCCCC([NH3+])(CCCC)CCCC.CCCCC([NH3+])(CCCC)CCCC.O=C([O-])[O-]. The van der Waals surface area contributed by atoms with Gasteiger partial charge in [-0.1, -0.05) is 80.1 Å². The maximum Gasteiger partial charge on any atom is 0.0945 e. The lowest BCUT2D eigenvalue weighted by molar-refractivity contribution is -0.484. The van der Waals surface area contributed by atoms with Crippen molar-refractivity contribution in [1.82, 2.24) is 0 Å². The maximum absolute atomic E-state index is 8.33. The Morgan fingerprint density at radius 1 is 0.500 bits per heavy atom. The number of quaternary nitrogens is 2. The van der Waals surface area contributed by atoms with Crippen LogP contribution in [-0.4, -0.2) is 17.2 Å². The predicted octanol–water partition coefficient (Wildman–Crippen LogP) is 4.63. The fraction of sp³-hybridized carbons (Fsp3) is 0.963. The van der Waals surface area contributed by atoms with Gasteiger partial charge in [0.05, 0.1) is 11.1 Å². The second kappa shape index (κ2) is 24.8. The van der Waals surface area contributed by atoms with Gasteiger partial charge in [-0.25, -0.2) is 0 Å². The summed E-state index contributed by atoms with van der Waals surface area (Å²) in [6, 6.07) is 0. The van der Waals surface area contributed by atoms with Gasteiger partial charge in [0.15, 0.2) is 0 Å². The molecule has 0 fully saturated rings. The van der Waals surface area contributed by atoms with Gasteiger partial charge in [-0.15, -0.1) is 0 Å². The molecular formula is C27H60N2O3. The van der Waals surface area contributed by atoms with Crippen LogP contribution in [0.1, 0.15) is 157 Å². The van der Waals surface area contributed by atoms with Crippen LogP contribution in [0.3, 0.4) is 0 Å². The zero-order valence-corrected chi connectivity index (χ0v) is 22.9. The predicted molar refractivity (Wildman–Crippen MR) is 134 cm³/mol. The molecule has 0 saturated heterocycles. The summed E-state index contributed by atoms with van der Waals surface area (Å²) < 4.78 is 0. The number of hydrogen-bond donors (Lipinski definition) is 2. The van der Waals surface area contributed by atoms with Crippen LogP contribution in [0.4, 0.5) is 4.79 Å². The molecule has 0 radical (unpaired) electrons. The van der Waals surface area contributed by atoms with E-state index in [2.05, 4.69) is 53.0 Å². The van der Waals surface area contributed by atoms with Gasteiger partial charge in [0.25, 0.3) is 0 Å². The highest BCUT2D eigenvalue weighted by Crippen LogP contribution is 2.23. The second-order valence-corrected chi connectivity index (χ2v) is 9.87. The lowest BCUT2D eigenvalue weighted by Crippen LogP contribution is -2.72. The molecule has 0 atom stereocenters. The molecule has 196 valence electrons. The van der Waals surface area contributed by atoms with Crippen LogP contribution >= 0.6 is 0 Å². The second-order valence-electron chi connectivity index (χ2n) is 9.87. The van der Waals surface area contributed by atoms with E-state index in [4.69, 9.17) is 15.0 Å². The van der Waals surface area contributed by atoms with Crippen LogP contribution in [0.5, 0.6) is 0 Å². The minimum absolute atomic E-state index is 0.405. The van der Waals surface area contributed by atoms with E-state index in [0.717, 1.165) is 0 Å². The molecule has 0 saturated carbocycles. The third-order valence-electron chi connectivity index (χ3n) is 6.36. The van der Waals surface area contributed by atoms with Gasteiger partial charge in [-0.3, -0.25) is 0 Å². The van der Waals surface area contributed by atoms with Crippen LogP contribution in [-0.2, 0) is 0 Å². The Balaban J connectivity index is -0.000000450. The van der Waals surface area contributed by atoms with Gasteiger partial charge in [0.2, 0.25) is 0 Å². The lowest BCUT2D eigenvalue weighted by atomic mass is 9.84. The molecule has 5 nitrogen and oxygen atoms in total. The van der Waals surface area contributed by atoms with Crippen LogP contribution in [0.15, 0.2) is 0 Å². The number of rotatable bonds is 18. The van der Waals surface area contributed by atoms with Gasteiger partial charge in [0.1, 0.15) is 0 Å². The van der Waals surface area contributed by atoms with Gasteiger partial charge in [-0.05, 0) is 44.7 Å². The van der Waals surface area contributed by atoms with Crippen LogP contribution in [0, 0.1) is 0 Å². The molecule has 0 spiro atoms. The number of carbonyl (C=O) groups excluding carboxylic acids is 1. The zero-order chi connectivity index (χ0) is 25.3. The molecule has 0 aromatic carbocycles. The standard InChI is InChI=1S/2C13H29N.CH2O3/c2*1-4-7-10-13(14,11-8-5-2)12-9-6-3;2-1(3)4/h2*4-12,14H2,1-3H3;(H2,2,3,4). The fourth-order valence-corrected chi connectivity index (χ4v) is 4.06. The average molecular weight is 461 g/mol. The Kier molecular flexibility index (Phi) is 27.8. The molecule has 6 N–H and O–H groups in total. The van der Waals surface area contributed by atoms with Crippen molar-refractivity contribution in [2.75, 3.05) is 0 Å². The molecule has 0 aromatic heterocycles. The fourth-order valence-electron chi connectivity index (χ4n) is 4.06. The van der Waals surface area contributed by atoms with Crippen LogP contribution in [0.2, 0.25) is 0 Å². The number of hydrogen-bond acceptors (Lipinski definition) is 3. The summed E-state index contributed by atoms with van der Waals surface area (Å²) in [5, 5.41) is 16.7. The quantitative estimate of drug-likeness (QED) is 0.310. The number of carbonyl (C=O) groups is 1. The molecule has 0 rings (SSSR count). The number of unbranched alkanes of at least 4 members (excludes halogenated alkanes) is 6. The Labute approximate surface area is 201 Å². The summed E-state index contributed by atoms with van der Waals surface area (Å²) in [5.74, 6) is 0. The molecule has 0 amide bonds. The van der Waals surface area contributed by atoms with Gasteiger partial charge in [0, 0.05) is 38.5 Å². The molecular weight excluding hydrogens is 400 g/mol. The summed E-state index contributed by atoms with van der Waals surface area (Å²) >= 11 is 0. The van der Waals surface area contributed by atoms with Gasteiger partial charge < -0.3 is 26.5 Å². The molecule has 0 aliphatic carbocycles. The zero-order valence-electron chi connectivity index (χ0n) is 22.9. The summed E-state index contributed by atoms with van der Waals surface area (Å²) in [5.41, 5.74) is 9.77. The normalized spacial score (nSPS) is 11.2. The minimum atomic E-state index is -2.33. The molecule has 0 heterocycles. The van der Waals surface area contributed by atoms with E-state index in [1.54, 1.807) is 0 Å². The molecule has 5 heteroatoms. The summed E-state index contributed by atoms with van der Waals surface area (Å²) in [6.07, 6.45) is 21.7. The Morgan fingerprint density at radius 2 is 0.625 bits per heavy atom. The maximum atomic E-state index is 8.33. The van der Waals surface area contributed by atoms with E-state index < -0.39 is 6.16 Å². The molecule has 0 aromatic rings. The van der Waals surface area contributed by atoms with Crippen molar-refractivity contribution < 1.29 is 26.5 Å². The van der Waals surface area contributed by atoms with Crippen LogP contribution < -0.4 is 21.7 Å². The van der Waals surface area contributed by atoms with Crippen molar-refractivity contribution >= 4 is 6.16 Å². The molecule has 0 bridgehead atoms. The van der Waals surface area contributed by atoms with Crippen molar-refractivity contribution in [3.63, 3.8) is 0 Å². The Morgan fingerprint density at radius 3 is 0.719 bits per heavy atom. The van der Waals surface area contributed by atoms with Gasteiger partial charge >= 0.3 is 0 Å². The highest BCUT2D eigenvalue weighted by Gasteiger charge is 2.27. The first-order chi connectivity index (χ1) is 15.1.